The number of carbonyl (C=O) groups excluding carboxylic acids is 2. The maximum Gasteiger partial charge on any atom is 0.247 e. The number of rotatable bonds is 5. The Bertz CT molecular complexity index is 1120. The summed E-state index contributed by atoms with van der Waals surface area (Å²) < 4.78 is 0. The molecule has 1 aliphatic heterocycles. The van der Waals surface area contributed by atoms with Crippen LogP contribution in [0.15, 0.2) is 90.4 Å². The Labute approximate surface area is 168 Å². The zero-order chi connectivity index (χ0) is 20.4. The molecule has 4 rings (SSSR count). The molecule has 0 bridgehead atoms. The lowest BCUT2D eigenvalue weighted by Crippen LogP contribution is -2.32. The molecule has 4 N–H and O–H groups in total. The van der Waals surface area contributed by atoms with Gasteiger partial charge in [0.25, 0.3) is 0 Å². The van der Waals surface area contributed by atoms with Gasteiger partial charge in [-0.3, -0.25) is 14.6 Å². The molecule has 29 heavy (non-hydrogen) atoms. The first-order valence-corrected chi connectivity index (χ1v) is 9.20. The Hall–Kier alpha value is -3.93. The summed E-state index contributed by atoms with van der Waals surface area (Å²) in [5, 5.41) is 0.907. The minimum atomic E-state index is -0.658. The number of hydrogen-bond acceptors (Lipinski definition) is 4. The van der Waals surface area contributed by atoms with E-state index < -0.39 is 17.7 Å². The van der Waals surface area contributed by atoms with Crippen LogP contribution in [0.4, 0.5) is 0 Å². The van der Waals surface area contributed by atoms with Crippen LogP contribution in [0.3, 0.4) is 0 Å². The molecule has 2 aromatic carbocycles. The summed E-state index contributed by atoms with van der Waals surface area (Å²) >= 11 is 0. The van der Waals surface area contributed by atoms with Crippen LogP contribution in [0.1, 0.15) is 17.0 Å². The van der Waals surface area contributed by atoms with Crippen molar-refractivity contribution in [2.75, 3.05) is 0 Å². The van der Waals surface area contributed by atoms with Crippen molar-refractivity contribution in [1.82, 2.24) is 9.88 Å². The second kappa shape index (κ2) is 7.59. The number of pyridine rings is 1. The highest BCUT2D eigenvalue weighted by molar-refractivity contribution is 6.01. The average molecular weight is 384 g/mol. The van der Waals surface area contributed by atoms with E-state index in [-0.39, 0.29) is 0 Å². The standard InChI is InChI=1S/C23H20N4O2/c24-22(28)18-13-27(12-15-6-2-1-3-7-15)14-19(23(25)29)21(18)17-10-16-8-4-5-9-20(16)26-11-17/h1-11,13-14,21H,12H2,(H2,24,28)(H2,25,29). The topological polar surface area (TPSA) is 102 Å². The molecule has 6 nitrogen and oxygen atoms in total. The predicted molar refractivity (Wildman–Crippen MR) is 111 cm³/mol. The molecule has 0 spiro atoms. The normalized spacial score (nSPS) is 14.4. The van der Waals surface area contributed by atoms with Gasteiger partial charge in [-0.1, -0.05) is 48.5 Å². The van der Waals surface area contributed by atoms with Crippen LogP contribution in [0, 0.1) is 0 Å². The third kappa shape index (κ3) is 3.73. The Morgan fingerprint density at radius 1 is 0.897 bits per heavy atom. The van der Waals surface area contributed by atoms with E-state index in [0.29, 0.717) is 23.3 Å². The van der Waals surface area contributed by atoms with Crippen molar-refractivity contribution in [2.45, 2.75) is 12.5 Å². The van der Waals surface area contributed by atoms with E-state index in [0.717, 1.165) is 16.5 Å². The van der Waals surface area contributed by atoms with Crippen molar-refractivity contribution >= 4 is 22.7 Å². The van der Waals surface area contributed by atoms with Crippen LogP contribution in [0.2, 0.25) is 0 Å². The van der Waals surface area contributed by atoms with Gasteiger partial charge in [0.05, 0.1) is 5.52 Å². The smallest absolute Gasteiger partial charge is 0.247 e. The lowest BCUT2D eigenvalue weighted by molar-refractivity contribution is -0.115. The number of hydrogen-bond donors (Lipinski definition) is 2. The summed E-state index contributed by atoms with van der Waals surface area (Å²) in [5.74, 6) is -1.87. The summed E-state index contributed by atoms with van der Waals surface area (Å²) in [5.41, 5.74) is 14.5. The first-order chi connectivity index (χ1) is 14.0. The minimum Gasteiger partial charge on any atom is -0.366 e. The first-order valence-electron chi connectivity index (χ1n) is 9.20. The predicted octanol–water partition coefficient (Wildman–Crippen LogP) is 2.57. The molecule has 0 atom stereocenters. The summed E-state index contributed by atoms with van der Waals surface area (Å²) in [6, 6.07) is 19.3. The molecule has 2 heterocycles. The number of primary amides is 2. The number of amides is 2. The van der Waals surface area contributed by atoms with Gasteiger partial charge >= 0.3 is 0 Å². The van der Waals surface area contributed by atoms with Gasteiger partial charge in [0.15, 0.2) is 0 Å². The van der Waals surface area contributed by atoms with E-state index in [1.807, 2.05) is 60.7 Å². The highest BCUT2D eigenvalue weighted by Gasteiger charge is 2.32. The lowest BCUT2D eigenvalue weighted by Gasteiger charge is -2.30. The van der Waals surface area contributed by atoms with Crippen molar-refractivity contribution < 1.29 is 9.59 Å². The molecule has 6 heteroatoms. The average Bonchev–Trinajstić information content (AvgIpc) is 2.73. The van der Waals surface area contributed by atoms with Crippen LogP contribution in [-0.2, 0) is 16.1 Å². The third-order valence-electron chi connectivity index (χ3n) is 4.95. The van der Waals surface area contributed by atoms with E-state index >= 15 is 0 Å². The number of carbonyl (C=O) groups is 2. The van der Waals surface area contributed by atoms with E-state index in [1.165, 1.54) is 0 Å². The number of para-hydroxylation sites is 1. The van der Waals surface area contributed by atoms with Crippen molar-refractivity contribution in [3.8, 4) is 0 Å². The van der Waals surface area contributed by atoms with Gasteiger partial charge in [-0.15, -0.1) is 0 Å². The van der Waals surface area contributed by atoms with Crippen LogP contribution in [0.25, 0.3) is 10.9 Å². The summed E-state index contributed by atoms with van der Waals surface area (Å²) in [4.78, 5) is 30.8. The monoisotopic (exact) mass is 384 g/mol. The molecule has 0 radical (unpaired) electrons. The Morgan fingerprint density at radius 2 is 1.52 bits per heavy atom. The quantitative estimate of drug-likeness (QED) is 0.706. The molecule has 0 aliphatic carbocycles. The molecule has 0 fully saturated rings. The van der Waals surface area contributed by atoms with Gasteiger partial charge in [0.1, 0.15) is 0 Å². The Kier molecular flexibility index (Phi) is 4.83. The fourth-order valence-corrected chi connectivity index (χ4v) is 3.61. The second-order valence-electron chi connectivity index (χ2n) is 6.95. The molecular weight excluding hydrogens is 364 g/mol. The second-order valence-corrected chi connectivity index (χ2v) is 6.95. The molecule has 144 valence electrons. The van der Waals surface area contributed by atoms with Gasteiger partial charge in [0.2, 0.25) is 11.8 Å². The van der Waals surface area contributed by atoms with Gasteiger partial charge in [-0.25, -0.2) is 0 Å². The highest BCUT2D eigenvalue weighted by atomic mass is 16.1. The summed E-state index contributed by atoms with van der Waals surface area (Å²) in [7, 11) is 0. The van der Waals surface area contributed by atoms with Gasteiger partial charge < -0.3 is 16.4 Å². The van der Waals surface area contributed by atoms with Gasteiger partial charge in [0, 0.05) is 47.6 Å². The van der Waals surface area contributed by atoms with Crippen molar-refractivity contribution in [3.63, 3.8) is 0 Å². The van der Waals surface area contributed by atoms with Gasteiger partial charge in [-0.05, 0) is 23.3 Å². The molecule has 0 saturated heterocycles. The van der Waals surface area contributed by atoms with Crippen molar-refractivity contribution in [2.24, 2.45) is 11.5 Å². The maximum absolute atomic E-state index is 12.3. The number of nitrogens with zero attached hydrogens (tertiary/aromatic N) is 2. The van der Waals surface area contributed by atoms with Crippen LogP contribution >= 0.6 is 0 Å². The molecule has 0 saturated carbocycles. The van der Waals surface area contributed by atoms with Crippen LogP contribution in [-0.4, -0.2) is 21.7 Å². The number of nitrogens with two attached hydrogens (primary N) is 2. The molecule has 2 amide bonds. The van der Waals surface area contributed by atoms with E-state index in [2.05, 4.69) is 4.98 Å². The maximum atomic E-state index is 12.3. The number of benzene rings is 2. The van der Waals surface area contributed by atoms with Crippen molar-refractivity contribution in [1.29, 1.82) is 0 Å². The Balaban J connectivity index is 1.79. The molecule has 3 aromatic rings. The SMILES string of the molecule is NC(=O)C1=CN(Cc2ccccc2)C=C(C(N)=O)C1c1cnc2ccccc2c1. The fraction of sp³-hybridized carbons (Fsp3) is 0.0870. The molecular formula is C23H20N4O2. The largest absolute Gasteiger partial charge is 0.366 e. The molecule has 0 unspecified atom stereocenters. The molecule has 1 aromatic heterocycles. The lowest BCUT2D eigenvalue weighted by atomic mass is 9.83. The highest BCUT2D eigenvalue weighted by Crippen LogP contribution is 2.36. The Morgan fingerprint density at radius 3 is 2.17 bits per heavy atom. The minimum absolute atomic E-state index is 0.300. The summed E-state index contributed by atoms with van der Waals surface area (Å²) in [6.07, 6.45) is 5.02. The van der Waals surface area contributed by atoms with Crippen LogP contribution in [0.5, 0.6) is 0 Å². The zero-order valence-corrected chi connectivity index (χ0v) is 15.7. The van der Waals surface area contributed by atoms with Crippen molar-refractivity contribution in [3.05, 3.63) is 102 Å². The zero-order valence-electron chi connectivity index (χ0n) is 15.7. The first kappa shape index (κ1) is 18.4. The number of fused-ring (bicyclic) bond motifs is 1. The van der Waals surface area contributed by atoms with E-state index in [4.69, 9.17) is 11.5 Å². The van der Waals surface area contributed by atoms with Gasteiger partial charge in [-0.2, -0.15) is 0 Å². The fourth-order valence-electron chi connectivity index (χ4n) is 3.61. The van der Waals surface area contributed by atoms with Crippen LogP contribution < -0.4 is 11.5 Å². The third-order valence-corrected chi connectivity index (χ3v) is 4.95. The molecule has 1 aliphatic rings. The number of aromatic nitrogens is 1. The van der Waals surface area contributed by atoms with E-state index in [1.54, 1.807) is 23.5 Å². The summed E-state index contributed by atoms with van der Waals surface area (Å²) in [6.45, 7) is 0.483. The van der Waals surface area contributed by atoms with E-state index in [9.17, 15) is 9.59 Å².